The van der Waals surface area contributed by atoms with E-state index >= 15 is 0 Å². The van der Waals surface area contributed by atoms with E-state index in [1.54, 1.807) is 4.90 Å². The molecule has 1 saturated heterocycles. The second kappa shape index (κ2) is 4.99. The molecule has 90 valence electrons. The molecule has 1 aromatic carbocycles. The van der Waals surface area contributed by atoms with E-state index in [2.05, 4.69) is 5.32 Å². The summed E-state index contributed by atoms with van der Waals surface area (Å²) in [6.45, 7) is 2.50. The average Bonchev–Trinajstić information content (AvgIpc) is 2.39. The quantitative estimate of drug-likeness (QED) is 0.824. The van der Waals surface area contributed by atoms with Gasteiger partial charge in [-0.15, -0.1) is 0 Å². The Kier molecular flexibility index (Phi) is 3.42. The van der Waals surface area contributed by atoms with Gasteiger partial charge in [0.15, 0.2) is 0 Å². The minimum absolute atomic E-state index is 0.0275. The van der Waals surface area contributed by atoms with Crippen LogP contribution in [0.1, 0.15) is 18.9 Å². The Morgan fingerprint density at radius 3 is 2.71 bits per heavy atom. The minimum atomic E-state index is -0.0840. The van der Waals surface area contributed by atoms with Crippen LogP contribution in [-0.4, -0.2) is 29.3 Å². The lowest BCUT2D eigenvalue weighted by Crippen LogP contribution is -2.36. The van der Waals surface area contributed by atoms with Crippen molar-refractivity contribution in [2.75, 3.05) is 6.54 Å². The summed E-state index contributed by atoms with van der Waals surface area (Å²) in [7, 11) is 0. The van der Waals surface area contributed by atoms with Crippen LogP contribution in [0.5, 0.6) is 0 Å². The van der Waals surface area contributed by atoms with Crippen LogP contribution in [0.4, 0.5) is 0 Å². The molecule has 1 heterocycles. The third-order valence-corrected chi connectivity index (χ3v) is 2.79. The number of nitrogens with one attached hydrogen (secondary N) is 1. The molecule has 1 fully saturated rings. The molecule has 4 nitrogen and oxygen atoms in total. The van der Waals surface area contributed by atoms with Crippen molar-refractivity contribution in [3.8, 4) is 0 Å². The second-order valence-electron chi connectivity index (χ2n) is 4.41. The lowest BCUT2D eigenvalue weighted by atomic mass is 10.2. The van der Waals surface area contributed by atoms with Gasteiger partial charge in [-0.1, -0.05) is 30.3 Å². The third kappa shape index (κ3) is 3.06. The number of hydrogen-bond donors (Lipinski definition) is 1. The summed E-state index contributed by atoms with van der Waals surface area (Å²) in [6.07, 6.45) is 0.374. The summed E-state index contributed by atoms with van der Waals surface area (Å²) >= 11 is 0. The zero-order valence-corrected chi connectivity index (χ0v) is 9.85. The van der Waals surface area contributed by atoms with E-state index in [1.807, 2.05) is 37.3 Å². The van der Waals surface area contributed by atoms with Gasteiger partial charge in [0.05, 0.1) is 6.54 Å². The molecular formula is C13H16N2O2. The molecule has 2 rings (SSSR count). The van der Waals surface area contributed by atoms with Gasteiger partial charge in [0, 0.05) is 19.0 Å². The van der Waals surface area contributed by atoms with Gasteiger partial charge in [-0.25, -0.2) is 0 Å². The van der Waals surface area contributed by atoms with E-state index in [0.717, 1.165) is 5.56 Å². The van der Waals surface area contributed by atoms with Crippen LogP contribution in [0, 0.1) is 0 Å². The van der Waals surface area contributed by atoms with Crippen molar-refractivity contribution in [3.63, 3.8) is 0 Å². The van der Waals surface area contributed by atoms with Crippen molar-refractivity contribution >= 4 is 11.8 Å². The standard InChI is InChI=1S/C13H16N2O2/c1-10-7-13(17)15(9-12(16)14-10)8-11-5-3-2-4-6-11/h2-6,10H,7-9H2,1H3,(H,14,16)/t10-/m1/s1. The monoisotopic (exact) mass is 232 g/mol. The van der Waals surface area contributed by atoms with Gasteiger partial charge in [-0.2, -0.15) is 0 Å². The highest BCUT2D eigenvalue weighted by molar-refractivity contribution is 5.87. The predicted octanol–water partition coefficient (Wildman–Crippen LogP) is 0.924. The highest BCUT2D eigenvalue weighted by Gasteiger charge is 2.24. The number of amides is 2. The summed E-state index contributed by atoms with van der Waals surface area (Å²) in [5.74, 6) is -0.0565. The summed E-state index contributed by atoms with van der Waals surface area (Å²) < 4.78 is 0. The van der Waals surface area contributed by atoms with Crippen LogP contribution in [0.25, 0.3) is 0 Å². The molecule has 17 heavy (non-hydrogen) atoms. The van der Waals surface area contributed by atoms with Crippen molar-refractivity contribution in [1.29, 1.82) is 0 Å². The number of nitrogens with zero attached hydrogens (tertiary/aromatic N) is 1. The first-order chi connectivity index (χ1) is 8.15. The Morgan fingerprint density at radius 1 is 1.29 bits per heavy atom. The number of benzene rings is 1. The first-order valence-corrected chi connectivity index (χ1v) is 5.76. The second-order valence-corrected chi connectivity index (χ2v) is 4.41. The molecular weight excluding hydrogens is 216 g/mol. The largest absolute Gasteiger partial charge is 0.352 e. The molecule has 1 aliphatic rings. The summed E-state index contributed by atoms with van der Waals surface area (Å²) in [5.41, 5.74) is 1.04. The van der Waals surface area contributed by atoms with Crippen molar-refractivity contribution in [3.05, 3.63) is 35.9 Å². The highest BCUT2D eigenvalue weighted by Crippen LogP contribution is 2.09. The maximum absolute atomic E-state index is 11.9. The molecule has 0 bridgehead atoms. The van der Waals surface area contributed by atoms with Crippen LogP contribution in [0.15, 0.2) is 30.3 Å². The zero-order valence-electron chi connectivity index (χ0n) is 9.85. The van der Waals surface area contributed by atoms with E-state index in [1.165, 1.54) is 0 Å². The number of rotatable bonds is 2. The lowest BCUT2D eigenvalue weighted by molar-refractivity contribution is -0.134. The molecule has 0 aliphatic carbocycles. The van der Waals surface area contributed by atoms with E-state index < -0.39 is 0 Å². The van der Waals surface area contributed by atoms with Gasteiger partial charge in [0.1, 0.15) is 0 Å². The molecule has 4 heteroatoms. The Bertz CT molecular complexity index is 417. The molecule has 0 spiro atoms. The van der Waals surface area contributed by atoms with Gasteiger partial charge in [0.2, 0.25) is 11.8 Å². The molecule has 0 radical (unpaired) electrons. The van der Waals surface area contributed by atoms with Crippen molar-refractivity contribution in [1.82, 2.24) is 10.2 Å². The van der Waals surface area contributed by atoms with E-state index in [9.17, 15) is 9.59 Å². The summed E-state index contributed by atoms with van der Waals surface area (Å²) in [4.78, 5) is 25.0. The first kappa shape index (κ1) is 11.6. The van der Waals surface area contributed by atoms with Gasteiger partial charge < -0.3 is 10.2 Å². The van der Waals surface area contributed by atoms with Crippen molar-refractivity contribution in [2.24, 2.45) is 0 Å². The molecule has 1 aliphatic heterocycles. The van der Waals surface area contributed by atoms with Gasteiger partial charge >= 0.3 is 0 Å². The predicted molar refractivity (Wildman–Crippen MR) is 64.1 cm³/mol. The van der Waals surface area contributed by atoms with E-state index in [-0.39, 0.29) is 24.4 Å². The maximum Gasteiger partial charge on any atom is 0.239 e. The topological polar surface area (TPSA) is 49.4 Å². The average molecular weight is 232 g/mol. The fraction of sp³-hybridized carbons (Fsp3) is 0.385. The molecule has 1 N–H and O–H groups in total. The summed E-state index contributed by atoms with van der Waals surface area (Å²) in [6, 6.07) is 9.64. The molecule has 1 aromatic rings. The van der Waals surface area contributed by atoms with Crippen LogP contribution in [-0.2, 0) is 16.1 Å². The van der Waals surface area contributed by atoms with Crippen LogP contribution < -0.4 is 5.32 Å². The Labute approximate surface area is 101 Å². The van der Waals surface area contributed by atoms with Gasteiger partial charge in [-0.05, 0) is 12.5 Å². The zero-order chi connectivity index (χ0) is 12.3. The van der Waals surface area contributed by atoms with E-state index in [0.29, 0.717) is 13.0 Å². The Balaban J connectivity index is 2.09. The fourth-order valence-electron chi connectivity index (χ4n) is 1.97. The van der Waals surface area contributed by atoms with Crippen LogP contribution >= 0.6 is 0 Å². The van der Waals surface area contributed by atoms with E-state index in [4.69, 9.17) is 0 Å². The summed E-state index contributed by atoms with van der Waals surface area (Å²) in [5, 5.41) is 2.79. The number of carbonyl (C=O) groups is 2. The first-order valence-electron chi connectivity index (χ1n) is 5.76. The Morgan fingerprint density at radius 2 is 2.00 bits per heavy atom. The van der Waals surface area contributed by atoms with Gasteiger partial charge in [0.25, 0.3) is 0 Å². The van der Waals surface area contributed by atoms with Crippen LogP contribution in [0.2, 0.25) is 0 Å². The van der Waals surface area contributed by atoms with Gasteiger partial charge in [-0.3, -0.25) is 9.59 Å². The van der Waals surface area contributed by atoms with Crippen molar-refractivity contribution in [2.45, 2.75) is 25.9 Å². The number of hydrogen-bond acceptors (Lipinski definition) is 2. The Hall–Kier alpha value is -1.84. The smallest absolute Gasteiger partial charge is 0.239 e. The van der Waals surface area contributed by atoms with Crippen molar-refractivity contribution < 1.29 is 9.59 Å². The normalized spacial score (nSPS) is 21.0. The molecule has 1 atom stereocenters. The molecule has 0 saturated carbocycles. The highest BCUT2D eigenvalue weighted by atomic mass is 16.2. The lowest BCUT2D eigenvalue weighted by Gasteiger charge is -2.19. The molecule has 0 unspecified atom stereocenters. The maximum atomic E-state index is 11.9. The molecule has 2 amide bonds. The molecule has 0 aromatic heterocycles. The fourth-order valence-corrected chi connectivity index (χ4v) is 1.97. The SMILES string of the molecule is C[C@@H]1CC(=O)N(Cc2ccccc2)CC(=O)N1. The minimum Gasteiger partial charge on any atom is -0.352 e. The number of carbonyl (C=O) groups excluding carboxylic acids is 2. The third-order valence-electron chi connectivity index (χ3n) is 2.79. The van der Waals surface area contributed by atoms with Crippen LogP contribution in [0.3, 0.4) is 0 Å².